The number of hydrogen-bond acceptors (Lipinski definition) is 5. The summed E-state index contributed by atoms with van der Waals surface area (Å²) in [4.78, 5) is 7.48. The van der Waals surface area contributed by atoms with Crippen molar-refractivity contribution in [3.05, 3.63) is 70.8 Å². The van der Waals surface area contributed by atoms with Crippen LogP contribution in [0.2, 0.25) is 5.15 Å². The molecular weight excluding hydrogens is 385 g/mol. The van der Waals surface area contributed by atoms with Gasteiger partial charge < -0.3 is 14.2 Å². The van der Waals surface area contributed by atoms with Crippen LogP contribution in [0.3, 0.4) is 0 Å². The van der Waals surface area contributed by atoms with Crippen molar-refractivity contribution in [2.24, 2.45) is 0 Å². The van der Waals surface area contributed by atoms with Crippen molar-refractivity contribution in [3.63, 3.8) is 0 Å². The van der Waals surface area contributed by atoms with Gasteiger partial charge in [-0.05, 0) is 23.8 Å². The Hall–Kier alpha value is -3.00. The fraction of sp³-hybridized carbons (Fsp3) is 0.111. The number of benzene rings is 1. The molecule has 0 radical (unpaired) electrons. The molecule has 0 bridgehead atoms. The van der Waals surface area contributed by atoms with Crippen molar-refractivity contribution >= 4 is 11.6 Å². The standard InChI is InChI=1S/C18H12ClF3N2O3/c1-25-16-14(21)17(26-9-10-3-2-4-11(20)7-10)24-18(15(16)22)27-12-5-6-23-13(19)8-12/h2-8H,9H2,1H3. The zero-order valence-corrected chi connectivity index (χ0v) is 14.6. The van der Waals surface area contributed by atoms with Crippen LogP contribution in [0.1, 0.15) is 5.56 Å². The van der Waals surface area contributed by atoms with Crippen LogP contribution < -0.4 is 14.2 Å². The van der Waals surface area contributed by atoms with Crippen molar-refractivity contribution in [1.82, 2.24) is 9.97 Å². The lowest BCUT2D eigenvalue weighted by Gasteiger charge is -2.13. The second kappa shape index (κ2) is 8.13. The van der Waals surface area contributed by atoms with Crippen molar-refractivity contribution in [2.75, 3.05) is 7.11 Å². The predicted octanol–water partition coefficient (Wildman–Crippen LogP) is 4.93. The van der Waals surface area contributed by atoms with Crippen molar-refractivity contribution in [3.8, 4) is 23.3 Å². The van der Waals surface area contributed by atoms with E-state index < -0.39 is 35.0 Å². The van der Waals surface area contributed by atoms with Crippen LogP contribution in [0.25, 0.3) is 0 Å². The second-order valence-corrected chi connectivity index (χ2v) is 5.61. The molecule has 0 unspecified atom stereocenters. The van der Waals surface area contributed by atoms with E-state index in [1.165, 1.54) is 36.5 Å². The first-order valence-electron chi connectivity index (χ1n) is 7.57. The number of hydrogen-bond donors (Lipinski definition) is 0. The molecule has 1 aromatic carbocycles. The van der Waals surface area contributed by atoms with E-state index in [4.69, 9.17) is 25.8 Å². The Bertz CT molecular complexity index is 973. The molecule has 3 aromatic rings. The number of pyridine rings is 2. The first-order chi connectivity index (χ1) is 13.0. The van der Waals surface area contributed by atoms with Crippen molar-refractivity contribution in [1.29, 1.82) is 0 Å². The minimum absolute atomic E-state index is 0.115. The Morgan fingerprint density at radius 3 is 2.52 bits per heavy atom. The summed E-state index contributed by atoms with van der Waals surface area (Å²) in [5.74, 6) is -4.51. The predicted molar refractivity (Wildman–Crippen MR) is 90.8 cm³/mol. The van der Waals surface area contributed by atoms with E-state index in [9.17, 15) is 13.2 Å². The summed E-state index contributed by atoms with van der Waals surface area (Å²) in [5.41, 5.74) is 0.433. The molecule has 0 saturated carbocycles. The summed E-state index contributed by atoms with van der Waals surface area (Å²) in [6, 6.07) is 8.27. The van der Waals surface area contributed by atoms with Gasteiger partial charge in [0.25, 0.3) is 11.8 Å². The maximum Gasteiger partial charge on any atom is 0.263 e. The normalized spacial score (nSPS) is 10.6. The van der Waals surface area contributed by atoms with Gasteiger partial charge in [-0.1, -0.05) is 23.7 Å². The Kier molecular flexibility index (Phi) is 5.66. The number of nitrogens with zero attached hydrogens (tertiary/aromatic N) is 2. The van der Waals surface area contributed by atoms with Gasteiger partial charge in [0.15, 0.2) is 0 Å². The second-order valence-electron chi connectivity index (χ2n) is 5.22. The van der Waals surface area contributed by atoms with E-state index in [1.807, 2.05) is 0 Å². The molecule has 5 nitrogen and oxygen atoms in total. The summed E-state index contributed by atoms with van der Waals surface area (Å²) < 4.78 is 57.3. The molecule has 0 amide bonds. The van der Waals surface area contributed by atoms with Gasteiger partial charge in [-0.25, -0.2) is 9.37 Å². The highest BCUT2D eigenvalue weighted by atomic mass is 35.5. The summed E-state index contributed by atoms with van der Waals surface area (Å²) >= 11 is 5.75. The number of ether oxygens (including phenoxy) is 3. The van der Waals surface area contributed by atoms with Crippen LogP contribution in [0.4, 0.5) is 13.2 Å². The average Bonchev–Trinajstić information content (AvgIpc) is 2.64. The highest BCUT2D eigenvalue weighted by Gasteiger charge is 2.24. The van der Waals surface area contributed by atoms with Crippen LogP contribution in [-0.2, 0) is 6.61 Å². The molecule has 0 atom stereocenters. The first-order valence-corrected chi connectivity index (χ1v) is 7.95. The fourth-order valence-electron chi connectivity index (χ4n) is 2.16. The van der Waals surface area contributed by atoms with Crippen molar-refractivity contribution in [2.45, 2.75) is 6.61 Å². The van der Waals surface area contributed by atoms with Gasteiger partial charge in [0.1, 0.15) is 23.3 Å². The minimum atomic E-state index is -1.15. The fourth-order valence-corrected chi connectivity index (χ4v) is 2.33. The molecule has 2 heterocycles. The van der Waals surface area contributed by atoms with E-state index in [-0.39, 0.29) is 17.5 Å². The van der Waals surface area contributed by atoms with E-state index in [2.05, 4.69) is 9.97 Å². The lowest BCUT2D eigenvalue weighted by atomic mass is 10.2. The molecule has 27 heavy (non-hydrogen) atoms. The average molecular weight is 397 g/mol. The number of halogens is 4. The molecule has 0 N–H and O–H groups in total. The van der Waals surface area contributed by atoms with E-state index >= 15 is 0 Å². The molecule has 0 spiro atoms. The first kappa shape index (κ1) is 18.8. The summed E-state index contributed by atoms with van der Waals surface area (Å²) in [7, 11) is 1.09. The third kappa shape index (κ3) is 4.40. The highest BCUT2D eigenvalue weighted by molar-refractivity contribution is 6.29. The Balaban J connectivity index is 1.91. The molecular formula is C18H12ClF3N2O3. The summed E-state index contributed by atoms with van der Waals surface area (Å²) in [6.07, 6.45) is 1.34. The van der Waals surface area contributed by atoms with Crippen molar-refractivity contribution < 1.29 is 27.4 Å². The number of rotatable bonds is 6. The maximum atomic E-state index is 14.4. The van der Waals surface area contributed by atoms with Crippen LogP contribution in [-0.4, -0.2) is 17.1 Å². The van der Waals surface area contributed by atoms with Gasteiger partial charge in [-0.2, -0.15) is 13.8 Å². The van der Waals surface area contributed by atoms with Gasteiger partial charge in [-0.3, -0.25) is 0 Å². The van der Waals surface area contributed by atoms with E-state index in [0.29, 0.717) is 5.56 Å². The van der Waals surface area contributed by atoms with Gasteiger partial charge in [0.2, 0.25) is 17.4 Å². The Morgan fingerprint density at radius 2 is 1.81 bits per heavy atom. The zero-order chi connectivity index (χ0) is 19.4. The van der Waals surface area contributed by atoms with E-state index in [0.717, 1.165) is 7.11 Å². The number of aromatic nitrogens is 2. The van der Waals surface area contributed by atoms with E-state index in [1.54, 1.807) is 6.07 Å². The minimum Gasteiger partial charge on any atom is -0.491 e. The maximum absolute atomic E-state index is 14.4. The summed E-state index contributed by atoms with van der Waals surface area (Å²) in [5, 5.41) is 0.115. The monoisotopic (exact) mass is 396 g/mol. The molecule has 0 saturated heterocycles. The SMILES string of the molecule is COc1c(F)c(OCc2cccc(F)c2)nc(Oc2ccnc(Cl)c2)c1F. The lowest BCUT2D eigenvalue weighted by Crippen LogP contribution is -2.05. The Morgan fingerprint density at radius 1 is 1.04 bits per heavy atom. The molecule has 0 aliphatic heterocycles. The van der Waals surface area contributed by atoms with Crippen LogP contribution in [0, 0.1) is 17.5 Å². The van der Waals surface area contributed by atoms with Gasteiger partial charge in [-0.15, -0.1) is 0 Å². The van der Waals surface area contributed by atoms with Gasteiger partial charge in [0, 0.05) is 12.3 Å². The topological polar surface area (TPSA) is 53.5 Å². The molecule has 0 aliphatic rings. The molecule has 9 heteroatoms. The lowest BCUT2D eigenvalue weighted by molar-refractivity contribution is 0.256. The van der Waals surface area contributed by atoms with Gasteiger partial charge in [0.05, 0.1) is 7.11 Å². The van der Waals surface area contributed by atoms with Crippen LogP contribution >= 0.6 is 11.6 Å². The van der Waals surface area contributed by atoms with Gasteiger partial charge >= 0.3 is 0 Å². The summed E-state index contributed by atoms with van der Waals surface area (Å²) in [6.45, 7) is -0.197. The third-order valence-corrected chi connectivity index (χ3v) is 3.57. The largest absolute Gasteiger partial charge is 0.491 e. The Labute approximate surface area is 157 Å². The number of methoxy groups -OCH3 is 1. The molecule has 140 valence electrons. The quantitative estimate of drug-likeness (QED) is 0.553. The van der Waals surface area contributed by atoms with Crippen LogP contribution in [0.5, 0.6) is 23.3 Å². The highest BCUT2D eigenvalue weighted by Crippen LogP contribution is 2.36. The van der Waals surface area contributed by atoms with Crippen LogP contribution in [0.15, 0.2) is 42.6 Å². The molecule has 0 fully saturated rings. The molecule has 0 aliphatic carbocycles. The molecule has 3 rings (SSSR count). The zero-order valence-electron chi connectivity index (χ0n) is 13.9. The third-order valence-electron chi connectivity index (χ3n) is 3.36. The smallest absolute Gasteiger partial charge is 0.263 e. The molecule has 2 aromatic heterocycles.